The lowest BCUT2D eigenvalue weighted by Gasteiger charge is -2.25. The molecule has 3 aromatic heterocycles. The second-order valence-electron chi connectivity index (χ2n) is 7.58. The van der Waals surface area contributed by atoms with E-state index in [-0.39, 0.29) is 0 Å². The number of benzene rings is 1. The molecule has 0 radical (unpaired) electrons. The Morgan fingerprint density at radius 3 is 2.77 bits per heavy atom. The molecule has 1 fully saturated rings. The van der Waals surface area contributed by atoms with E-state index in [1.165, 1.54) is 31.1 Å². The molecule has 1 aromatic carbocycles. The zero-order valence-corrected chi connectivity index (χ0v) is 14.9. The Morgan fingerprint density at radius 1 is 1.15 bits per heavy atom. The lowest BCUT2D eigenvalue weighted by Crippen LogP contribution is -2.13. The molecule has 1 aliphatic rings. The van der Waals surface area contributed by atoms with E-state index in [2.05, 4.69) is 45.6 Å². The van der Waals surface area contributed by atoms with Crippen molar-refractivity contribution in [1.82, 2.24) is 19.4 Å². The first-order chi connectivity index (χ1) is 12.7. The van der Waals surface area contributed by atoms with Gasteiger partial charge in [0.05, 0.1) is 5.69 Å². The fraction of sp³-hybridized carbons (Fsp3) is 0.333. The second-order valence-corrected chi connectivity index (χ2v) is 7.58. The van der Waals surface area contributed by atoms with E-state index in [1.807, 2.05) is 12.3 Å². The monoisotopic (exact) mass is 345 g/mol. The molecule has 0 amide bonds. The number of nitrogens with two attached hydrogens (primary N) is 1. The van der Waals surface area contributed by atoms with Crippen LogP contribution in [-0.2, 0) is 0 Å². The molecule has 5 heteroatoms. The minimum atomic E-state index is 0.485. The number of para-hydroxylation sites is 1. The number of aromatic amines is 1. The quantitative estimate of drug-likeness (QED) is 0.550. The van der Waals surface area contributed by atoms with Gasteiger partial charge in [-0.1, -0.05) is 38.0 Å². The Labute approximate surface area is 152 Å². The van der Waals surface area contributed by atoms with E-state index in [1.54, 1.807) is 6.20 Å². The van der Waals surface area contributed by atoms with Crippen LogP contribution in [-0.4, -0.2) is 19.4 Å². The third-order valence-electron chi connectivity index (χ3n) is 5.78. The molecule has 4 aromatic rings. The lowest BCUT2D eigenvalue weighted by atomic mass is 9.82. The Hall–Kier alpha value is -2.82. The topological polar surface area (TPSA) is 72.0 Å². The highest BCUT2D eigenvalue weighted by Gasteiger charge is 2.26. The Bertz CT molecular complexity index is 1050. The van der Waals surface area contributed by atoms with Crippen LogP contribution < -0.4 is 5.73 Å². The predicted octanol–water partition coefficient (Wildman–Crippen LogP) is 4.75. The van der Waals surface area contributed by atoms with Gasteiger partial charge in [-0.3, -0.25) is 4.40 Å². The summed E-state index contributed by atoms with van der Waals surface area (Å²) in [6, 6.07) is 10.4. The number of rotatable bonds is 2. The highest BCUT2D eigenvalue weighted by molar-refractivity contribution is 5.91. The molecule has 132 valence electrons. The highest BCUT2D eigenvalue weighted by atomic mass is 15.1. The molecule has 3 N–H and O–H groups in total. The number of imidazole rings is 1. The maximum absolute atomic E-state index is 6.27. The van der Waals surface area contributed by atoms with Crippen LogP contribution >= 0.6 is 0 Å². The minimum Gasteiger partial charge on any atom is -0.382 e. The first-order valence-corrected chi connectivity index (χ1v) is 9.41. The third kappa shape index (κ3) is 2.38. The van der Waals surface area contributed by atoms with Crippen molar-refractivity contribution >= 4 is 22.2 Å². The number of nitrogens with zero attached hydrogens (tertiary/aromatic N) is 3. The molecule has 1 aliphatic carbocycles. The fourth-order valence-electron chi connectivity index (χ4n) is 4.28. The number of hydrogen-bond donors (Lipinski definition) is 2. The van der Waals surface area contributed by atoms with Gasteiger partial charge in [0, 0.05) is 29.2 Å². The van der Waals surface area contributed by atoms with Crippen LogP contribution in [0, 0.1) is 5.92 Å². The summed E-state index contributed by atoms with van der Waals surface area (Å²) >= 11 is 0. The summed E-state index contributed by atoms with van der Waals surface area (Å²) in [5, 5.41) is 1.18. The van der Waals surface area contributed by atoms with Gasteiger partial charge in [0.25, 0.3) is 0 Å². The summed E-state index contributed by atoms with van der Waals surface area (Å²) in [5.41, 5.74) is 10.2. The maximum Gasteiger partial charge on any atom is 0.150 e. The van der Waals surface area contributed by atoms with Crippen LogP contribution in [0.2, 0.25) is 0 Å². The number of hydrogen-bond acceptors (Lipinski definition) is 3. The highest BCUT2D eigenvalue weighted by Crippen LogP contribution is 2.38. The van der Waals surface area contributed by atoms with Gasteiger partial charge in [-0.25, -0.2) is 9.97 Å². The Balaban J connectivity index is 1.70. The van der Waals surface area contributed by atoms with E-state index in [0.717, 1.165) is 34.2 Å². The number of nitrogens with one attached hydrogen (secondary N) is 1. The molecule has 26 heavy (non-hydrogen) atoms. The zero-order valence-electron chi connectivity index (χ0n) is 14.9. The van der Waals surface area contributed by atoms with Crippen molar-refractivity contribution in [3.05, 3.63) is 48.5 Å². The van der Waals surface area contributed by atoms with Gasteiger partial charge in [0.1, 0.15) is 22.9 Å². The smallest absolute Gasteiger partial charge is 0.150 e. The van der Waals surface area contributed by atoms with Gasteiger partial charge in [-0.2, -0.15) is 0 Å². The largest absolute Gasteiger partial charge is 0.382 e. The fourth-order valence-corrected chi connectivity index (χ4v) is 4.28. The van der Waals surface area contributed by atoms with Gasteiger partial charge in [-0.05, 0) is 30.9 Å². The van der Waals surface area contributed by atoms with Crippen LogP contribution in [0.5, 0.6) is 0 Å². The molecule has 1 saturated carbocycles. The summed E-state index contributed by atoms with van der Waals surface area (Å²) in [6.07, 6.45) is 8.68. The summed E-state index contributed by atoms with van der Waals surface area (Å²) < 4.78 is 2.16. The molecule has 0 atom stereocenters. The molecule has 5 nitrogen and oxygen atoms in total. The molecule has 3 heterocycles. The molecule has 0 spiro atoms. The van der Waals surface area contributed by atoms with Crippen molar-refractivity contribution in [2.45, 2.75) is 38.5 Å². The number of aromatic nitrogens is 4. The van der Waals surface area contributed by atoms with Crippen LogP contribution in [0.15, 0.2) is 42.7 Å². The van der Waals surface area contributed by atoms with Crippen LogP contribution in [0.25, 0.3) is 27.8 Å². The van der Waals surface area contributed by atoms with E-state index in [9.17, 15) is 0 Å². The molecular formula is C21H23N5. The minimum absolute atomic E-state index is 0.485. The Morgan fingerprint density at radius 2 is 1.96 bits per heavy atom. The molecule has 5 rings (SSSR count). The standard InChI is InChI=1S/C21H23N5/c1-13-6-8-14(9-7-13)21-25-18(19-20(22)23-10-11-26(19)21)17-12-15-4-2-3-5-16(15)24-17/h2-5,10-14,24H,6-9H2,1H3,(H2,22,23). The molecule has 0 aliphatic heterocycles. The van der Waals surface area contributed by atoms with E-state index in [4.69, 9.17) is 10.7 Å². The number of nitrogen functional groups attached to an aromatic ring is 1. The van der Waals surface area contributed by atoms with Gasteiger partial charge in [-0.15, -0.1) is 0 Å². The van der Waals surface area contributed by atoms with Crippen molar-refractivity contribution in [2.24, 2.45) is 5.92 Å². The van der Waals surface area contributed by atoms with E-state index < -0.39 is 0 Å². The van der Waals surface area contributed by atoms with E-state index in [0.29, 0.717) is 11.7 Å². The maximum atomic E-state index is 6.27. The van der Waals surface area contributed by atoms with Crippen molar-refractivity contribution in [3.63, 3.8) is 0 Å². The summed E-state index contributed by atoms with van der Waals surface area (Å²) in [6.45, 7) is 2.34. The van der Waals surface area contributed by atoms with Crippen LogP contribution in [0.1, 0.15) is 44.3 Å². The second kappa shape index (κ2) is 5.87. The molecule has 0 bridgehead atoms. The van der Waals surface area contributed by atoms with Crippen molar-refractivity contribution in [3.8, 4) is 11.4 Å². The third-order valence-corrected chi connectivity index (χ3v) is 5.78. The normalized spacial score (nSPS) is 20.8. The SMILES string of the molecule is CC1CCC(c2nc(-c3cc4ccccc4[nH]3)c3c(N)nccn23)CC1. The van der Waals surface area contributed by atoms with Crippen LogP contribution in [0.3, 0.4) is 0 Å². The number of anilines is 1. The summed E-state index contributed by atoms with van der Waals surface area (Å²) in [4.78, 5) is 12.9. The Kier molecular flexibility index (Phi) is 3.48. The lowest BCUT2D eigenvalue weighted by molar-refractivity contribution is 0.339. The van der Waals surface area contributed by atoms with Gasteiger partial charge in [0.15, 0.2) is 0 Å². The predicted molar refractivity (Wildman–Crippen MR) is 105 cm³/mol. The van der Waals surface area contributed by atoms with Crippen molar-refractivity contribution in [1.29, 1.82) is 0 Å². The molecule has 0 unspecified atom stereocenters. The average Bonchev–Trinajstić information content (AvgIpc) is 3.24. The zero-order chi connectivity index (χ0) is 17.7. The van der Waals surface area contributed by atoms with Gasteiger partial charge < -0.3 is 10.7 Å². The van der Waals surface area contributed by atoms with Crippen LogP contribution in [0.4, 0.5) is 5.82 Å². The summed E-state index contributed by atoms with van der Waals surface area (Å²) in [5.74, 6) is 2.95. The van der Waals surface area contributed by atoms with Gasteiger partial charge >= 0.3 is 0 Å². The summed E-state index contributed by atoms with van der Waals surface area (Å²) in [7, 11) is 0. The molecule has 0 saturated heterocycles. The first-order valence-electron chi connectivity index (χ1n) is 9.41. The number of fused-ring (bicyclic) bond motifs is 2. The first kappa shape index (κ1) is 15.4. The number of H-pyrrole nitrogens is 1. The average molecular weight is 345 g/mol. The van der Waals surface area contributed by atoms with E-state index >= 15 is 0 Å². The molecular weight excluding hydrogens is 322 g/mol. The van der Waals surface area contributed by atoms with Crippen molar-refractivity contribution < 1.29 is 0 Å². The van der Waals surface area contributed by atoms with Crippen molar-refractivity contribution in [2.75, 3.05) is 5.73 Å². The van der Waals surface area contributed by atoms with Gasteiger partial charge in [0.2, 0.25) is 0 Å².